The van der Waals surface area contributed by atoms with E-state index < -0.39 is 28.9 Å². The van der Waals surface area contributed by atoms with E-state index in [4.69, 9.17) is 16.3 Å². The number of carbonyl (C=O) groups is 1. The molecule has 0 bridgehead atoms. The van der Waals surface area contributed by atoms with Gasteiger partial charge in [-0.1, -0.05) is 41.9 Å². The molecule has 0 aliphatic carbocycles. The fourth-order valence-electron chi connectivity index (χ4n) is 3.54. The fourth-order valence-corrected chi connectivity index (χ4v) is 3.75. The summed E-state index contributed by atoms with van der Waals surface area (Å²) in [5.74, 6) is -0.661. The fraction of sp³-hybridized carbons (Fsp3) is 0.160. The highest BCUT2D eigenvalue weighted by Gasteiger charge is 2.40. The average molecular weight is 517 g/mol. The Morgan fingerprint density at radius 3 is 2.36 bits per heavy atom. The zero-order valence-electron chi connectivity index (χ0n) is 18.9. The van der Waals surface area contributed by atoms with Crippen LogP contribution in [0, 0.1) is 0 Å². The third kappa shape index (κ3) is 5.13. The van der Waals surface area contributed by atoms with Crippen LogP contribution in [0.2, 0.25) is 5.02 Å². The Labute approximate surface area is 208 Å². The molecule has 0 spiro atoms. The van der Waals surface area contributed by atoms with Gasteiger partial charge in [-0.3, -0.25) is 14.2 Å². The van der Waals surface area contributed by atoms with Gasteiger partial charge in [0.15, 0.2) is 5.69 Å². The Balaban J connectivity index is 1.62. The van der Waals surface area contributed by atoms with Crippen LogP contribution >= 0.6 is 11.6 Å². The van der Waals surface area contributed by atoms with E-state index in [0.29, 0.717) is 10.4 Å². The maximum Gasteiger partial charge on any atom is 0.434 e. The van der Waals surface area contributed by atoms with E-state index in [9.17, 15) is 22.8 Å². The smallest absolute Gasteiger partial charge is 0.434 e. The number of carbonyl (C=O) groups excluding carboxylic acids is 1. The molecule has 0 saturated heterocycles. The molecule has 2 heterocycles. The number of aromatic nitrogens is 3. The molecule has 36 heavy (non-hydrogen) atoms. The first-order chi connectivity index (χ1) is 17.2. The Morgan fingerprint density at radius 2 is 1.72 bits per heavy atom. The van der Waals surface area contributed by atoms with Crippen LogP contribution in [0.15, 0.2) is 77.9 Å². The molecular weight excluding hydrogens is 497 g/mol. The van der Waals surface area contributed by atoms with Crippen molar-refractivity contribution in [3.63, 3.8) is 0 Å². The lowest BCUT2D eigenvalue weighted by atomic mass is 10.2. The van der Waals surface area contributed by atoms with Crippen molar-refractivity contribution in [3.05, 3.63) is 105 Å². The molecule has 4 aromatic rings. The van der Waals surface area contributed by atoms with Gasteiger partial charge < -0.3 is 10.1 Å². The molecule has 1 N–H and O–H groups in total. The number of halogens is 4. The monoisotopic (exact) mass is 516 g/mol. The van der Waals surface area contributed by atoms with Crippen molar-refractivity contribution in [1.82, 2.24) is 19.7 Å². The molecule has 2 aromatic heterocycles. The molecule has 0 radical (unpaired) electrons. The van der Waals surface area contributed by atoms with E-state index in [1.54, 1.807) is 6.92 Å². The van der Waals surface area contributed by atoms with Gasteiger partial charge in [0.1, 0.15) is 17.4 Å². The van der Waals surface area contributed by atoms with E-state index in [2.05, 4.69) is 10.4 Å². The van der Waals surface area contributed by atoms with Gasteiger partial charge in [0, 0.05) is 18.4 Å². The largest absolute Gasteiger partial charge is 0.487 e. The second kappa shape index (κ2) is 10.3. The van der Waals surface area contributed by atoms with Gasteiger partial charge in [-0.05, 0) is 42.8 Å². The van der Waals surface area contributed by atoms with Crippen molar-refractivity contribution < 1.29 is 22.7 Å². The molecule has 0 saturated carbocycles. The average Bonchev–Trinajstić information content (AvgIpc) is 3.32. The molecule has 1 amide bonds. The van der Waals surface area contributed by atoms with Crippen LogP contribution in [0.25, 0.3) is 11.4 Å². The van der Waals surface area contributed by atoms with E-state index in [0.717, 1.165) is 11.8 Å². The molecular formula is C25H20ClF3N4O3. The van der Waals surface area contributed by atoms with Gasteiger partial charge in [-0.15, -0.1) is 0 Å². The first-order valence-corrected chi connectivity index (χ1v) is 11.2. The SMILES string of the molecule is CCNC(=O)c1cnn(-c2ccc(-n3ccc(OCc4ccccc4)c(Cl)c3=O)cc2)c1C(F)(F)F. The number of nitrogens with one attached hydrogen (secondary N) is 1. The first kappa shape index (κ1) is 25.1. The predicted molar refractivity (Wildman–Crippen MR) is 128 cm³/mol. The van der Waals surface area contributed by atoms with Gasteiger partial charge >= 0.3 is 6.18 Å². The summed E-state index contributed by atoms with van der Waals surface area (Å²) in [5, 5.41) is 6.00. The van der Waals surface area contributed by atoms with E-state index in [-0.39, 0.29) is 29.6 Å². The molecule has 0 aliphatic heterocycles. The minimum absolute atomic E-state index is 0.0589. The zero-order valence-corrected chi connectivity index (χ0v) is 19.7. The van der Waals surface area contributed by atoms with E-state index in [1.807, 2.05) is 30.3 Å². The maximum absolute atomic E-state index is 13.8. The Kier molecular flexibility index (Phi) is 7.16. The molecule has 0 aliphatic rings. The minimum atomic E-state index is -4.82. The highest BCUT2D eigenvalue weighted by molar-refractivity contribution is 6.31. The number of hydrogen-bond acceptors (Lipinski definition) is 4. The van der Waals surface area contributed by atoms with Crippen LogP contribution in [0.5, 0.6) is 5.75 Å². The predicted octanol–water partition coefficient (Wildman–Crippen LogP) is 5.02. The lowest BCUT2D eigenvalue weighted by molar-refractivity contribution is -0.143. The summed E-state index contributed by atoms with van der Waals surface area (Å²) in [6.07, 6.45) is -2.48. The molecule has 4 rings (SSSR count). The van der Waals surface area contributed by atoms with Crippen molar-refractivity contribution in [2.24, 2.45) is 0 Å². The molecule has 11 heteroatoms. The lowest BCUT2D eigenvalue weighted by Gasteiger charge is -2.14. The van der Waals surface area contributed by atoms with Crippen LogP contribution in [0.3, 0.4) is 0 Å². The number of hydrogen-bond donors (Lipinski definition) is 1. The summed E-state index contributed by atoms with van der Waals surface area (Å²) >= 11 is 6.24. The van der Waals surface area contributed by atoms with Gasteiger partial charge in [-0.25, -0.2) is 4.68 Å². The van der Waals surface area contributed by atoms with Crippen molar-refractivity contribution in [2.45, 2.75) is 19.7 Å². The molecule has 186 valence electrons. The second-order valence-corrected chi connectivity index (χ2v) is 8.01. The van der Waals surface area contributed by atoms with E-state index >= 15 is 0 Å². The Morgan fingerprint density at radius 1 is 1.06 bits per heavy atom. The van der Waals surface area contributed by atoms with Gasteiger partial charge in [0.2, 0.25) is 0 Å². The highest BCUT2D eigenvalue weighted by Crippen LogP contribution is 2.34. The standard InChI is InChI=1S/C25H20ClF3N4O3/c1-2-30-23(34)19-14-31-33(22(19)25(27,28)29)18-10-8-17(9-11-18)32-13-12-20(21(26)24(32)35)36-15-16-6-4-3-5-7-16/h3-14H,2,15H2,1H3,(H,30,34). The third-order valence-electron chi connectivity index (χ3n) is 5.23. The normalized spacial score (nSPS) is 11.4. The number of amides is 1. The summed E-state index contributed by atoms with van der Waals surface area (Å²) in [6.45, 7) is 2.00. The summed E-state index contributed by atoms with van der Waals surface area (Å²) in [7, 11) is 0. The quantitative estimate of drug-likeness (QED) is 0.374. The second-order valence-electron chi connectivity index (χ2n) is 7.64. The van der Waals surface area contributed by atoms with Crippen molar-refractivity contribution in [3.8, 4) is 17.1 Å². The molecule has 0 unspecified atom stereocenters. The number of rotatable bonds is 7. The zero-order chi connectivity index (χ0) is 25.9. The van der Waals surface area contributed by atoms with Crippen LogP contribution in [-0.2, 0) is 12.8 Å². The molecule has 0 atom stereocenters. The summed E-state index contributed by atoms with van der Waals surface area (Å²) in [4.78, 5) is 24.9. The molecule has 7 nitrogen and oxygen atoms in total. The van der Waals surface area contributed by atoms with Crippen molar-refractivity contribution in [1.29, 1.82) is 0 Å². The maximum atomic E-state index is 13.8. The number of nitrogens with zero attached hydrogens (tertiary/aromatic N) is 3. The Hall–Kier alpha value is -4.05. The summed E-state index contributed by atoms with van der Waals surface area (Å²) in [5.41, 5.74) is -0.999. The van der Waals surface area contributed by atoms with Crippen molar-refractivity contribution >= 4 is 17.5 Å². The van der Waals surface area contributed by atoms with Gasteiger partial charge in [0.25, 0.3) is 11.5 Å². The highest BCUT2D eigenvalue weighted by atomic mass is 35.5. The molecule has 0 fully saturated rings. The van der Waals surface area contributed by atoms with Gasteiger partial charge in [-0.2, -0.15) is 18.3 Å². The van der Waals surface area contributed by atoms with E-state index in [1.165, 1.54) is 41.1 Å². The summed E-state index contributed by atoms with van der Waals surface area (Å²) in [6, 6.07) is 16.5. The van der Waals surface area contributed by atoms with Gasteiger partial charge in [0.05, 0.1) is 17.4 Å². The van der Waals surface area contributed by atoms with Crippen molar-refractivity contribution in [2.75, 3.05) is 6.54 Å². The molecule has 2 aromatic carbocycles. The van der Waals surface area contributed by atoms with Crippen LogP contribution in [-0.4, -0.2) is 26.8 Å². The first-order valence-electron chi connectivity index (χ1n) is 10.8. The topological polar surface area (TPSA) is 78.2 Å². The lowest BCUT2D eigenvalue weighted by Crippen LogP contribution is -2.26. The third-order valence-corrected chi connectivity index (χ3v) is 5.58. The number of ether oxygens (including phenoxy) is 1. The number of alkyl halides is 3. The summed E-state index contributed by atoms with van der Waals surface area (Å²) < 4.78 is 48.8. The number of pyridine rings is 1. The van der Waals surface area contributed by atoms with Crippen LogP contribution in [0.4, 0.5) is 13.2 Å². The van der Waals surface area contributed by atoms with Crippen LogP contribution in [0.1, 0.15) is 28.5 Å². The number of benzene rings is 2. The van der Waals surface area contributed by atoms with Crippen LogP contribution < -0.4 is 15.6 Å². The Bertz CT molecular complexity index is 1430. The minimum Gasteiger partial charge on any atom is -0.487 e.